The highest BCUT2D eigenvalue weighted by Gasteiger charge is 2.38. The summed E-state index contributed by atoms with van der Waals surface area (Å²) in [4.78, 5) is 38.9. The number of halogens is 3. The lowest BCUT2D eigenvalue weighted by atomic mass is 10.0. The molecular weight excluding hydrogens is 495 g/mol. The molecule has 12 nitrogen and oxygen atoms in total. The van der Waals surface area contributed by atoms with Gasteiger partial charge in [-0.15, -0.1) is 0 Å². The summed E-state index contributed by atoms with van der Waals surface area (Å²) in [5.74, 6) is -0.894. The number of urea groups is 1. The minimum Gasteiger partial charge on any atom is -0.475 e. The fourth-order valence-electron chi connectivity index (χ4n) is 4.26. The first kappa shape index (κ1) is 26.1. The van der Waals surface area contributed by atoms with Crippen molar-refractivity contribution in [3.63, 3.8) is 0 Å². The van der Waals surface area contributed by atoms with Crippen molar-refractivity contribution in [3.8, 4) is 0 Å². The molecule has 3 N–H and O–H groups in total. The molecule has 0 aliphatic carbocycles. The Labute approximate surface area is 209 Å². The number of fused-ring (bicyclic) bond motifs is 2. The number of carboxylic acids is 1. The quantitative estimate of drug-likeness (QED) is 0.463. The lowest BCUT2D eigenvalue weighted by Crippen LogP contribution is -2.57. The molecule has 2 amide bonds. The maximum Gasteiger partial charge on any atom is 0.490 e. The summed E-state index contributed by atoms with van der Waals surface area (Å²) < 4.78 is 33.3. The van der Waals surface area contributed by atoms with Crippen LogP contribution >= 0.6 is 0 Å². The van der Waals surface area contributed by atoms with Gasteiger partial charge in [-0.05, 0) is 33.3 Å². The van der Waals surface area contributed by atoms with Gasteiger partial charge in [-0.25, -0.2) is 24.1 Å². The predicted molar refractivity (Wildman–Crippen MR) is 128 cm³/mol. The fourth-order valence-corrected chi connectivity index (χ4v) is 4.26. The molecule has 0 spiro atoms. The number of anilines is 3. The second-order valence-electron chi connectivity index (χ2n) is 9.25. The van der Waals surface area contributed by atoms with E-state index in [1.165, 1.54) is 5.69 Å². The van der Waals surface area contributed by atoms with Gasteiger partial charge in [0.25, 0.3) is 5.78 Å². The monoisotopic (exact) mass is 521 g/mol. The third-order valence-corrected chi connectivity index (χ3v) is 5.80. The number of aromatic nitrogens is 5. The normalized spacial score (nSPS) is 16.7. The van der Waals surface area contributed by atoms with Crippen LogP contribution in [0.1, 0.15) is 25.2 Å². The van der Waals surface area contributed by atoms with Gasteiger partial charge in [0.05, 0.1) is 18.1 Å². The number of alkyl halides is 3. The molecule has 2 aliphatic rings. The summed E-state index contributed by atoms with van der Waals surface area (Å²) >= 11 is 0. The maximum atomic E-state index is 13.0. The number of aliphatic carboxylic acids is 1. The Hall–Kier alpha value is -4.01. The standard InChI is InChI=1S/C20H25N9O.C2HF3O2/c1-13-24-18-22-10-14(11-29(18)26-13)25-19(30)28-8-5-15-16(4-6-21-17(15)28)27-9-7-23-20(2,3)12-27;3-2(4,5)1(6)7/h4,6,10-11,23H,5,7-9,12H2,1-3H3,(H,25,30);(H,6,7). The van der Waals surface area contributed by atoms with Gasteiger partial charge in [0, 0.05) is 49.2 Å². The number of carboxylic acid groups (broad SMARTS) is 1. The van der Waals surface area contributed by atoms with Crippen molar-refractivity contribution >= 4 is 35.0 Å². The van der Waals surface area contributed by atoms with Crippen LogP contribution in [-0.4, -0.2) is 79.6 Å². The molecule has 15 heteroatoms. The Morgan fingerprint density at radius 3 is 2.62 bits per heavy atom. The van der Waals surface area contributed by atoms with E-state index in [1.54, 1.807) is 34.9 Å². The maximum absolute atomic E-state index is 13.0. The van der Waals surface area contributed by atoms with Gasteiger partial charge in [-0.2, -0.15) is 23.3 Å². The molecule has 5 rings (SSSR count). The van der Waals surface area contributed by atoms with E-state index in [-0.39, 0.29) is 11.6 Å². The van der Waals surface area contributed by atoms with E-state index in [0.717, 1.165) is 37.4 Å². The van der Waals surface area contributed by atoms with Crippen molar-refractivity contribution in [2.24, 2.45) is 0 Å². The zero-order chi connectivity index (χ0) is 27.0. The molecule has 37 heavy (non-hydrogen) atoms. The summed E-state index contributed by atoms with van der Waals surface area (Å²) in [6.45, 7) is 9.61. The van der Waals surface area contributed by atoms with Crippen LogP contribution in [0.15, 0.2) is 24.7 Å². The lowest BCUT2D eigenvalue weighted by Gasteiger charge is -2.41. The largest absolute Gasteiger partial charge is 0.490 e. The van der Waals surface area contributed by atoms with Crippen LogP contribution in [0.3, 0.4) is 0 Å². The van der Waals surface area contributed by atoms with Crippen LogP contribution in [-0.2, 0) is 11.2 Å². The van der Waals surface area contributed by atoms with E-state index in [4.69, 9.17) is 9.90 Å². The van der Waals surface area contributed by atoms with Crippen molar-refractivity contribution in [1.82, 2.24) is 29.9 Å². The number of carbonyl (C=O) groups excluding carboxylic acids is 1. The molecule has 0 aromatic carbocycles. The molecule has 5 heterocycles. The van der Waals surface area contributed by atoms with E-state index in [0.29, 0.717) is 23.8 Å². The molecule has 0 radical (unpaired) electrons. The summed E-state index contributed by atoms with van der Waals surface area (Å²) in [6.07, 6.45) is 0.797. The molecule has 198 valence electrons. The second kappa shape index (κ2) is 9.80. The minimum atomic E-state index is -5.08. The molecule has 1 fully saturated rings. The molecule has 3 aromatic heterocycles. The second-order valence-corrected chi connectivity index (χ2v) is 9.25. The highest BCUT2D eigenvalue weighted by Crippen LogP contribution is 2.35. The van der Waals surface area contributed by atoms with E-state index >= 15 is 0 Å². The highest BCUT2D eigenvalue weighted by molar-refractivity contribution is 6.02. The molecule has 2 aliphatic heterocycles. The Bertz CT molecular complexity index is 1330. The molecule has 1 saturated heterocycles. The average Bonchev–Trinajstić information content (AvgIpc) is 3.40. The Kier molecular flexibility index (Phi) is 6.90. The fraction of sp³-hybridized carbons (Fsp3) is 0.455. The number of carbonyl (C=O) groups is 2. The molecule has 0 unspecified atom stereocenters. The highest BCUT2D eigenvalue weighted by atomic mass is 19.4. The summed E-state index contributed by atoms with van der Waals surface area (Å²) in [5, 5.41) is 17.8. The zero-order valence-corrected chi connectivity index (χ0v) is 20.4. The van der Waals surface area contributed by atoms with Crippen LogP contribution in [0.5, 0.6) is 0 Å². The van der Waals surface area contributed by atoms with Crippen LogP contribution in [0, 0.1) is 6.92 Å². The molecule has 0 atom stereocenters. The number of aryl methyl sites for hydroxylation is 1. The van der Waals surface area contributed by atoms with Crippen LogP contribution in [0.2, 0.25) is 0 Å². The van der Waals surface area contributed by atoms with Crippen LogP contribution in [0.25, 0.3) is 5.78 Å². The van der Waals surface area contributed by atoms with Gasteiger partial charge in [-0.1, -0.05) is 0 Å². The van der Waals surface area contributed by atoms with Crippen molar-refractivity contribution in [2.75, 3.05) is 41.3 Å². The number of nitrogens with zero attached hydrogens (tertiary/aromatic N) is 7. The topological polar surface area (TPSA) is 141 Å². The van der Waals surface area contributed by atoms with E-state index < -0.39 is 12.1 Å². The third-order valence-electron chi connectivity index (χ3n) is 5.80. The van der Waals surface area contributed by atoms with Gasteiger partial charge in [-0.3, -0.25) is 4.90 Å². The Balaban J connectivity index is 0.000000405. The SMILES string of the molecule is Cc1nc2ncc(NC(=O)N3CCc4c(N5CCNC(C)(C)C5)ccnc43)cn2n1.O=C(O)C(F)(F)F. The lowest BCUT2D eigenvalue weighted by molar-refractivity contribution is -0.192. The molecule has 3 aromatic rings. The van der Waals surface area contributed by atoms with E-state index in [9.17, 15) is 18.0 Å². The Morgan fingerprint density at radius 2 is 1.95 bits per heavy atom. The van der Waals surface area contributed by atoms with E-state index in [2.05, 4.69) is 55.5 Å². The van der Waals surface area contributed by atoms with Crippen molar-refractivity contribution in [1.29, 1.82) is 0 Å². The molecule has 0 bridgehead atoms. The first-order valence-corrected chi connectivity index (χ1v) is 11.4. The zero-order valence-electron chi connectivity index (χ0n) is 20.4. The van der Waals surface area contributed by atoms with Crippen LogP contribution < -0.4 is 20.4 Å². The summed E-state index contributed by atoms with van der Waals surface area (Å²) in [5.41, 5.74) is 2.91. The number of nitrogens with one attached hydrogen (secondary N) is 2. The smallest absolute Gasteiger partial charge is 0.475 e. The number of amides is 2. The first-order valence-electron chi connectivity index (χ1n) is 11.4. The number of rotatable bonds is 2. The third kappa shape index (κ3) is 5.87. The number of pyridine rings is 1. The van der Waals surface area contributed by atoms with Gasteiger partial charge in [0.1, 0.15) is 11.6 Å². The van der Waals surface area contributed by atoms with Gasteiger partial charge < -0.3 is 20.6 Å². The summed E-state index contributed by atoms with van der Waals surface area (Å²) in [6, 6.07) is 1.84. The van der Waals surface area contributed by atoms with Gasteiger partial charge >= 0.3 is 18.2 Å². The van der Waals surface area contributed by atoms with E-state index in [1.807, 2.05) is 0 Å². The van der Waals surface area contributed by atoms with Crippen molar-refractivity contribution < 1.29 is 27.9 Å². The molecular formula is C22H26F3N9O3. The first-order chi connectivity index (χ1) is 17.3. The average molecular weight is 522 g/mol. The summed E-state index contributed by atoms with van der Waals surface area (Å²) in [7, 11) is 0. The van der Waals surface area contributed by atoms with Gasteiger partial charge in [0.15, 0.2) is 0 Å². The number of piperazine rings is 1. The van der Waals surface area contributed by atoms with Crippen molar-refractivity contribution in [3.05, 3.63) is 36.0 Å². The van der Waals surface area contributed by atoms with Crippen molar-refractivity contribution in [2.45, 2.75) is 38.9 Å². The number of hydrogen-bond acceptors (Lipinski definition) is 8. The minimum absolute atomic E-state index is 0.0510. The van der Waals surface area contributed by atoms with Gasteiger partial charge in [0.2, 0.25) is 0 Å². The van der Waals surface area contributed by atoms with Crippen LogP contribution in [0.4, 0.5) is 35.2 Å². The molecule has 0 saturated carbocycles. The number of hydrogen-bond donors (Lipinski definition) is 3. The Morgan fingerprint density at radius 1 is 1.22 bits per heavy atom. The predicted octanol–water partition coefficient (Wildman–Crippen LogP) is 2.24.